The highest BCUT2D eigenvalue weighted by molar-refractivity contribution is 6.58. The molecule has 0 spiro atoms. The molecule has 0 rings (SSSR count). The zero-order valence-electron chi connectivity index (χ0n) is 3.96. The average Bonchev–Trinajstić information content (AvgIpc) is 1.69. The molecule has 0 saturated heterocycles. The molecule has 44 valence electrons. The Hall–Kier alpha value is -1.39. The second-order valence-electron chi connectivity index (χ2n) is 0.964. The van der Waals surface area contributed by atoms with Crippen LogP contribution >= 0.6 is 0 Å². The Morgan fingerprint density at radius 1 is 1.88 bits per heavy atom. The maximum atomic E-state index is 9.80. The molecule has 0 radical (unpaired) electrons. The summed E-state index contributed by atoms with van der Waals surface area (Å²) in [6.07, 6.45) is 0.572. The van der Waals surface area contributed by atoms with Crippen molar-refractivity contribution in [2.75, 3.05) is 0 Å². The van der Waals surface area contributed by atoms with Gasteiger partial charge in [-0.25, -0.2) is 4.79 Å². The first kappa shape index (κ1) is 6.61. The van der Waals surface area contributed by atoms with E-state index in [0.717, 1.165) is 0 Å². The molecule has 0 unspecified atom stereocenters. The third-order valence-electron chi connectivity index (χ3n) is 0.495. The number of carboxylic acid groups (broad SMARTS) is 1. The molecule has 0 aromatic heterocycles. The lowest BCUT2D eigenvalue weighted by Gasteiger charge is -1.83. The van der Waals surface area contributed by atoms with Crippen molar-refractivity contribution in [3.63, 3.8) is 0 Å². The lowest BCUT2D eigenvalue weighted by Crippen LogP contribution is -2.15. The summed E-state index contributed by atoms with van der Waals surface area (Å²) in [7, 11) is 0. The van der Waals surface area contributed by atoms with Crippen molar-refractivity contribution in [2.24, 2.45) is 10.9 Å². The monoisotopic (exact) mass is 115 g/mol. The van der Waals surface area contributed by atoms with Crippen LogP contribution < -0.4 is 5.84 Å². The third-order valence-corrected chi connectivity index (χ3v) is 0.495. The Balaban J connectivity index is 4.13. The van der Waals surface area contributed by atoms with Gasteiger partial charge in [0.2, 0.25) is 0 Å². The van der Waals surface area contributed by atoms with Crippen molar-refractivity contribution < 1.29 is 9.90 Å². The Kier molecular flexibility index (Phi) is 2.25. The van der Waals surface area contributed by atoms with Crippen LogP contribution in [-0.4, -0.2) is 23.0 Å². The molecule has 5 heteroatoms. The van der Waals surface area contributed by atoms with Gasteiger partial charge in [0, 0.05) is 0 Å². The fraction of sp³-hybridized carbons (Fsp3) is 0. The average molecular weight is 115 g/mol. The van der Waals surface area contributed by atoms with Gasteiger partial charge in [0.15, 0.2) is 5.71 Å². The minimum absolute atomic E-state index is 0.454. The summed E-state index contributed by atoms with van der Waals surface area (Å²) in [5.41, 5.74) is -0.454. The molecule has 0 saturated carbocycles. The second kappa shape index (κ2) is 2.73. The van der Waals surface area contributed by atoms with Crippen molar-refractivity contribution in [1.82, 2.24) is 0 Å². The summed E-state index contributed by atoms with van der Waals surface area (Å²) in [4.78, 5) is 9.80. The molecule has 0 aliphatic rings. The molecule has 4 N–H and O–H groups in total. The highest BCUT2D eigenvalue weighted by atomic mass is 16.4. The van der Waals surface area contributed by atoms with Crippen LogP contribution in [0, 0.1) is 5.41 Å². The molecule has 0 bridgehead atoms. The van der Waals surface area contributed by atoms with Gasteiger partial charge in [-0.15, -0.1) is 0 Å². The number of carbonyl (C=O) groups is 1. The van der Waals surface area contributed by atoms with Gasteiger partial charge in [-0.3, -0.25) is 0 Å². The van der Waals surface area contributed by atoms with E-state index in [2.05, 4.69) is 10.9 Å². The van der Waals surface area contributed by atoms with E-state index in [1.807, 2.05) is 0 Å². The van der Waals surface area contributed by atoms with Crippen molar-refractivity contribution in [3.8, 4) is 0 Å². The first-order chi connectivity index (χ1) is 3.72. The number of nitrogens with one attached hydrogen (secondary N) is 1. The quantitative estimate of drug-likeness (QED) is 0.245. The largest absolute Gasteiger partial charge is 0.476 e. The van der Waals surface area contributed by atoms with Gasteiger partial charge in [0.25, 0.3) is 0 Å². The Labute approximate surface area is 45.3 Å². The number of hydrazone groups is 1. The van der Waals surface area contributed by atoms with Crippen LogP contribution in [0.2, 0.25) is 0 Å². The molecule has 0 aliphatic heterocycles. The maximum absolute atomic E-state index is 9.80. The van der Waals surface area contributed by atoms with E-state index in [1.165, 1.54) is 0 Å². The van der Waals surface area contributed by atoms with Crippen molar-refractivity contribution >= 4 is 17.9 Å². The van der Waals surface area contributed by atoms with Gasteiger partial charge in [-0.05, 0) is 0 Å². The Morgan fingerprint density at radius 2 is 2.38 bits per heavy atom. The normalized spacial score (nSPS) is 10.8. The van der Waals surface area contributed by atoms with Crippen LogP contribution in [0.25, 0.3) is 0 Å². The lowest BCUT2D eigenvalue weighted by atomic mass is 10.4. The smallest absolute Gasteiger partial charge is 0.357 e. The minimum Gasteiger partial charge on any atom is -0.476 e. The molecule has 0 atom stereocenters. The van der Waals surface area contributed by atoms with Gasteiger partial charge in [0.1, 0.15) is 0 Å². The summed E-state index contributed by atoms with van der Waals surface area (Å²) in [5, 5.41) is 17.2. The van der Waals surface area contributed by atoms with Crippen LogP contribution in [0.4, 0.5) is 0 Å². The number of carboxylic acids is 1. The summed E-state index contributed by atoms with van der Waals surface area (Å²) in [5.74, 6) is 3.25. The summed E-state index contributed by atoms with van der Waals surface area (Å²) in [6.45, 7) is 0. The van der Waals surface area contributed by atoms with Gasteiger partial charge in [-0.2, -0.15) is 5.10 Å². The molecule has 0 amide bonds. The van der Waals surface area contributed by atoms with E-state index in [4.69, 9.17) is 10.5 Å². The number of aliphatic carboxylic acids is 1. The van der Waals surface area contributed by atoms with E-state index >= 15 is 0 Å². The molecule has 0 aliphatic carbocycles. The summed E-state index contributed by atoms with van der Waals surface area (Å²) in [6, 6.07) is 0. The number of hydrogen-bond donors (Lipinski definition) is 3. The third kappa shape index (κ3) is 1.38. The molecular weight excluding hydrogens is 110 g/mol. The van der Waals surface area contributed by atoms with E-state index in [0.29, 0.717) is 6.21 Å². The highest BCUT2D eigenvalue weighted by Crippen LogP contribution is 1.66. The predicted octanol–water partition coefficient (Wildman–Crippen LogP) is -0.965. The summed E-state index contributed by atoms with van der Waals surface area (Å²) < 4.78 is 0. The van der Waals surface area contributed by atoms with Crippen molar-refractivity contribution in [1.29, 1.82) is 5.41 Å². The van der Waals surface area contributed by atoms with Crippen LogP contribution in [0.3, 0.4) is 0 Å². The number of nitrogens with two attached hydrogens (primary N) is 1. The highest BCUT2D eigenvalue weighted by Gasteiger charge is 2.01. The molecule has 5 nitrogen and oxygen atoms in total. The van der Waals surface area contributed by atoms with E-state index < -0.39 is 11.7 Å². The topological polar surface area (TPSA) is 99.5 Å². The lowest BCUT2D eigenvalue weighted by molar-refractivity contribution is -0.129. The van der Waals surface area contributed by atoms with Gasteiger partial charge >= 0.3 is 5.97 Å². The Bertz CT molecular complexity index is 139. The number of nitrogens with zero attached hydrogens (tertiary/aromatic N) is 1. The fourth-order valence-corrected chi connectivity index (χ4v) is 0.154. The van der Waals surface area contributed by atoms with E-state index in [1.54, 1.807) is 0 Å². The Morgan fingerprint density at radius 3 is 2.38 bits per heavy atom. The van der Waals surface area contributed by atoms with Crippen molar-refractivity contribution in [3.05, 3.63) is 0 Å². The van der Waals surface area contributed by atoms with Crippen molar-refractivity contribution in [2.45, 2.75) is 0 Å². The zero-order valence-corrected chi connectivity index (χ0v) is 3.96. The number of hydrogen-bond acceptors (Lipinski definition) is 4. The zero-order chi connectivity index (χ0) is 6.57. The van der Waals surface area contributed by atoms with Crippen LogP contribution in [0.15, 0.2) is 5.10 Å². The molecule has 0 aromatic rings. The van der Waals surface area contributed by atoms with E-state index in [9.17, 15) is 4.79 Å². The molecule has 0 heterocycles. The predicted molar refractivity (Wildman–Crippen MR) is 28.0 cm³/mol. The molecule has 8 heavy (non-hydrogen) atoms. The molecule has 0 aromatic carbocycles. The SMILES string of the molecule is N=CC(=NN)C(=O)O. The standard InChI is InChI=1S/C3H5N3O2/c4-1-2(6-5)3(7)8/h1,4H,5H2,(H,7,8). The molecule has 0 fully saturated rings. The van der Waals surface area contributed by atoms with Crippen LogP contribution in [-0.2, 0) is 4.79 Å². The van der Waals surface area contributed by atoms with Gasteiger partial charge in [-0.1, -0.05) is 0 Å². The van der Waals surface area contributed by atoms with Crippen LogP contribution in [0.1, 0.15) is 0 Å². The maximum Gasteiger partial charge on any atom is 0.357 e. The van der Waals surface area contributed by atoms with Crippen LogP contribution in [0.5, 0.6) is 0 Å². The number of rotatable bonds is 2. The minimum atomic E-state index is -1.29. The van der Waals surface area contributed by atoms with Gasteiger partial charge < -0.3 is 16.4 Å². The summed E-state index contributed by atoms with van der Waals surface area (Å²) >= 11 is 0. The first-order valence-corrected chi connectivity index (χ1v) is 1.74. The first-order valence-electron chi connectivity index (χ1n) is 1.74. The van der Waals surface area contributed by atoms with Gasteiger partial charge in [0.05, 0.1) is 6.21 Å². The van der Waals surface area contributed by atoms with E-state index in [-0.39, 0.29) is 0 Å². The fourth-order valence-electron chi connectivity index (χ4n) is 0.154. The molecular formula is C3H5N3O2. The second-order valence-corrected chi connectivity index (χ2v) is 0.964.